The molecule has 2 unspecified atom stereocenters. The number of aliphatic hydroxyl groups is 1. The Balaban J connectivity index is 1.73. The highest BCUT2D eigenvalue weighted by atomic mass is 16.3. The fourth-order valence-corrected chi connectivity index (χ4v) is 2.69. The minimum Gasteiger partial charge on any atom is -0.392 e. The van der Waals surface area contributed by atoms with Gasteiger partial charge in [0.2, 0.25) is 0 Å². The van der Waals surface area contributed by atoms with Crippen LogP contribution >= 0.6 is 0 Å². The van der Waals surface area contributed by atoms with Crippen molar-refractivity contribution in [1.29, 1.82) is 0 Å². The van der Waals surface area contributed by atoms with Crippen molar-refractivity contribution >= 4 is 0 Å². The predicted octanol–water partition coefficient (Wildman–Crippen LogP) is 2.70. The van der Waals surface area contributed by atoms with Crippen LogP contribution in [-0.4, -0.2) is 11.7 Å². The van der Waals surface area contributed by atoms with E-state index in [1.165, 1.54) is 24.8 Å². The van der Waals surface area contributed by atoms with Crippen LogP contribution in [0.1, 0.15) is 37.3 Å². The van der Waals surface area contributed by atoms with Crippen LogP contribution in [0.25, 0.3) is 0 Å². The number of aliphatic hydroxyl groups excluding tert-OH is 1. The number of hydrogen-bond acceptors (Lipinski definition) is 2. The molecule has 1 aromatic rings. The Morgan fingerprint density at radius 1 is 1.18 bits per heavy atom. The highest BCUT2D eigenvalue weighted by Gasteiger charge is 2.22. The van der Waals surface area contributed by atoms with E-state index in [1.54, 1.807) is 0 Å². The summed E-state index contributed by atoms with van der Waals surface area (Å²) >= 11 is 0. The van der Waals surface area contributed by atoms with Crippen molar-refractivity contribution in [2.45, 2.75) is 39.3 Å². The maximum Gasteiger partial charge on any atom is 0.0681 e. The molecular formula is C15H23NO. The smallest absolute Gasteiger partial charge is 0.0681 e. The molecule has 0 spiro atoms. The molecule has 0 heterocycles. The molecule has 0 saturated heterocycles. The van der Waals surface area contributed by atoms with Crippen molar-refractivity contribution < 1.29 is 5.11 Å². The van der Waals surface area contributed by atoms with Crippen molar-refractivity contribution in [1.82, 2.24) is 5.32 Å². The monoisotopic (exact) mass is 233 g/mol. The molecule has 2 nitrogen and oxygen atoms in total. The lowest BCUT2D eigenvalue weighted by atomic mass is 9.98. The molecule has 1 saturated carbocycles. The Morgan fingerprint density at radius 3 is 2.47 bits per heavy atom. The van der Waals surface area contributed by atoms with Gasteiger partial charge in [-0.3, -0.25) is 0 Å². The van der Waals surface area contributed by atoms with Gasteiger partial charge in [-0.1, -0.05) is 44.0 Å². The number of benzene rings is 1. The summed E-state index contributed by atoms with van der Waals surface area (Å²) in [4.78, 5) is 0. The normalized spacial score (nSPS) is 24.1. The second kappa shape index (κ2) is 6.18. The largest absolute Gasteiger partial charge is 0.392 e. The molecule has 0 bridgehead atoms. The van der Waals surface area contributed by atoms with Gasteiger partial charge in [-0.15, -0.1) is 0 Å². The van der Waals surface area contributed by atoms with Gasteiger partial charge in [0, 0.05) is 6.54 Å². The van der Waals surface area contributed by atoms with Crippen LogP contribution in [0.15, 0.2) is 24.3 Å². The molecule has 2 heteroatoms. The van der Waals surface area contributed by atoms with E-state index in [0.29, 0.717) is 0 Å². The van der Waals surface area contributed by atoms with Gasteiger partial charge in [-0.05, 0) is 35.9 Å². The average molecular weight is 233 g/mol. The molecule has 2 rings (SSSR count). The Labute approximate surface area is 104 Å². The molecular weight excluding hydrogens is 210 g/mol. The van der Waals surface area contributed by atoms with Crippen molar-refractivity contribution in [3.05, 3.63) is 35.4 Å². The van der Waals surface area contributed by atoms with Gasteiger partial charge < -0.3 is 10.4 Å². The number of rotatable bonds is 5. The zero-order valence-corrected chi connectivity index (χ0v) is 10.7. The molecule has 0 amide bonds. The molecule has 2 N–H and O–H groups in total. The summed E-state index contributed by atoms with van der Waals surface area (Å²) in [5.41, 5.74) is 2.28. The summed E-state index contributed by atoms with van der Waals surface area (Å²) in [6, 6.07) is 8.18. The van der Waals surface area contributed by atoms with E-state index in [9.17, 15) is 0 Å². The summed E-state index contributed by atoms with van der Waals surface area (Å²) in [7, 11) is 0. The van der Waals surface area contributed by atoms with Gasteiger partial charge >= 0.3 is 0 Å². The Kier molecular flexibility index (Phi) is 4.57. The third-order valence-corrected chi connectivity index (χ3v) is 3.98. The fraction of sp³-hybridized carbons (Fsp3) is 0.600. The second-order valence-corrected chi connectivity index (χ2v) is 5.27. The molecule has 1 aliphatic rings. The van der Waals surface area contributed by atoms with Crippen LogP contribution in [0.3, 0.4) is 0 Å². The summed E-state index contributed by atoms with van der Waals surface area (Å²) < 4.78 is 0. The Bertz CT molecular complexity index is 333. The van der Waals surface area contributed by atoms with Gasteiger partial charge in [0.05, 0.1) is 6.61 Å². The lowest BCUT2D eigenvalue weighted by Gasteiger charge is -2.16. The first-order chi connectivity index (χ1) is 8.29. The van der Waals surface area contributed by atoms with Gasteiger partial charge in [-0.2, -0.15) is 0 Å². The van der Waals surface area contributed by atoms with Crippen LogP contribution in [0.5, 0.6) is 0 Å². The Hall–Kier alpha value is -0.860. The molecule has 1 fully saturated rings. The summed E-state index contributed by atoms with van der Waals surface area (Å²) in [6.45, 7) is 4.58. The standard InChI is InChI=1S/C15H23NO/c1-12-3-2-4-15(12)10-16-9-13-5-7-14(11-17)8-6-13/h5-8,12,15-17H,2-4,9-11H2,1H3. The van der Waals surface area contributed by atoms with Crippen LogP contribution in [0.4, 0.5) is 0 Å². The van der Waals surface area contributed by atoms with Crippen molar-refractivity contribution in [2.24, 2.45) is 11.8 Å². The van der Waals surface area contributed by atoms with E-state index >= 15 is 0 Å². The minimum atomic E-state index is 0.132. The van der Waals surface area contributed by atoms with Crippen LogP contribution in [0, 0.1) is 11.8 Å². The van der Waals surface area contributed by atoms with Crippen molar-refractivity contribution in [3.63, 3.8) is 0 Å². The minimum absolute atomic E-state index is 0.132. The maximum absolute atomic E-state index is 8.96. The average Bonchev–Trinajstić information content (AvgIpc) is 2.76. The third kappa shape index (κ3) is 3.55. The van der Waals surface area contributed by atoms with Gasteiger partial charge in [-0.25, -0.2) is 0 Å². The van der Waals surface area contributed by atoms with Crippen molar-refractivity contribution in [2.75, 3.05) is 6.54 Å². The number of nitrogens with one attached hydrogen (secondary N) is 1. The van der Waals surface area contributed by atoms with E-state index in [1.807, 2.05) is 12.1 Å². The maximum atomic E-state index is 8.96. The van der Waals surface area contributed by atoms with Crippen LogP contribution in [-0.2, 0) is 13.2 Å². The summed E-state index contributed by atoms with van der Waals surface area (Å²) in [5, 5.41) is 12.5. The second-order valence-electron chi connectivity index (χ2n) is 5.27. The highest BCUT2D eigenvalue weighted by Crippen LogP contribution is 2.30. The van der Waals surface area contributed by atoms with E-state index in [2.05, 4.69) is 24.4 Å². The van der Waals surface area contributed by atoms with E-state index in [4.69, 9.17) is 5.11 Å². The van der Waals surface area contributed by atoms with E-state index in [0.717, 1.165) is 30.5 Å². The van der Waals surface area contributed by atoms with Gasteiger partial charge in [0.1, 0.15) is 0 Å². The first-order valence-electron chi connectivity index (χ1n) is 6.69. The molecule has 1 aliphatic carbocycles. The van der Waals surface area contributed by atoms with Gasteiger partial charge in [0.15, 0.2) is 0 Å². The SMILES string of the molecule is CC1CCCC1CNCc1ccc(CO)cc1. The molecule has 94 valence electrons. The van der Waals surface area contributed by atoms with E-state index < -0.39 is 0 Å². The third-order valence-electron chi connectivity index (χ3n) is 3.98. The van der Waals surface area contributed by atoms with Gasteiger partial charge in [0.25, 0.3) is 0 Å². The number of hydrogen-bond donors (Lipinski definition) is 2. The summed E-state index contributed by atoms with van der Waals surface area (Å²) in [5.74, 6) is 1.76. The Morgan fingerprint density at radius 2 is 1.88 bits per heavy atom. The first kappa shape index (κ1) is 12.6. The molecule has 0 aromatic heterocycles. The topological polar surface area (TPSA) is 32.3 Å². The fourth-order valence-electron chi connectivity index (χ4n) is 2.69. The highest BCUT2D eigenvalue weighted by molar-refractivity contribution is 5.21. The zero-order chi connectivity index (χ0) is 12.1. The zero-order valence-electron chi connectivity index (χ0n) is 10.7. The predicted molar refractivity (Wildman–Crippen MR) is 70.6 cm³/mol. The van der Waals surface area contributed by atoms with Crippen molar-refractivity contribution in [3.8, 4) is 0 Å². The van der Waals surface area contributed by atoms with Crippen LogP contribution < -0.4 is 5.32 Å². The quantitative estimate of drug-likeness (QED) is 0.819. The molecule has 0 aliphatic heterocycles. The molecule has 17 heavy (non-hydrogen) atoms. The first-order valence-corrected chi connectivity index (χ1v) is 6.69. The van der Waals surface area contributed by atoms with E-state index in [-0.39, 0.29) is 6.61 Å². The molecule has 2 atom stereocenters. The lowest BCUT2D eigenvalue weighted by Crippen LogP contribution is -2.23. The lowest BCUT2D eigenvalue weighted by molar-refractivity contribution is 0.282. The van der Waals surface area contributed by atoms with Crippen LogP contribution in [0.2, 0.25) is 0 Å². The molecule has 1 aromatic carbocycles. The molecule has 0 radical (unpaired) electrons. The summed E-state index contributed by atoms with van der Waals surface area (Å²) in [6.07, 6.45) is 4.19.